The molecular weight excluding hydrogens is 666 g/mol. The van der Waals surface area contributed by atoms with E-state index in [1.54, 1.807) is 22.9 Å². The summed E-state index contributed by atoms with van der Waals surface area (Å²) in [6.45, 7) is 5.39. The lowest BCUT2D eigenvalue weighted by atomic mass is 9.74. The van der Waals surface area contributed by atoms with Crippen molar-refractivity contribution in [3.8, 4) is 0 Å². The molecule has 2 aromatic rings. The summed E-state index contributed by atoms with van der Waals surface area (Å²) >= 11 is 3.59. The van der Waals surface area contributed by atoms with E-state index in [1.807, 2.05) is 81.5 Å². The number of carbonyl (C=O) groups is 4. The van der Waals surface area contributed by atoms with Crippen molar-refractivity contribution in [1.82, 2.24) is 9.80 Å². The summed E-state index contributed by atoms with van der Waals surface area (Å²) < 4.78 is 13.4. The molecule has 248 valence electrons. The maximum absolute atomic E-state index is 14.9. The quantitative estimate of drug-likeness (QED) is 0.378. The molecule has 1 spiro atoms. The van der Waals surface area contributed by atoms with Gasteiger partial charge in [-0.2, -0.15) is 0 Å². The highest BCUT2D eigenvalue weighted by Crippen LogP contribution is 2.59. The standard InChI is InChI=1S/C36H40BrN3O7/c1-21-14-15-22(2)26(19-21)39-16-10-6-9-13-27(42)38(4)23(3)30(24-11-7-5-8-12-24)46-35(45)28-29-33(43)40(17-18-41)32(34(39)44)36(29)20-25(37)31(28)47-36/h5-8,10-12,14-15,19-20,23,28-32,41H,9,13,16-18H2,1-4H3/b10-6-/t23-,28+,29-,30+,31+,32+,36-/m0/s1. The highest BCUT2D eigenvalue weighted by molar-refractivity contribution is 9.11. The number of aliphatic hydroxyl groups excluding tert-OH is 1. The van der Waals surface area contributed by atoms with Gasteiger partial charge in [0.15, 0.2) is 0 Å². The fourth-order valence-corrected chi connectivity index (χ4v) is 8.22. The number of carbonyl (C=O) groups excluding carboxylic acids is 4. The van der Waals surface area contributed by atoms with Gasteiger partial charge in [0.1, 0.15) is 29.8 Å². The molecule has 0 aliphatic carbocycles. The lowest BCUT2D eigenvalue weighted by molar-refractivity contribution is -0.164. The molecule has 2 aromatic carbocycles. The molecule has 47 heavy (non-hydrogen) atoms. The molecule has 2 saturated heterocycles. The molecule has 6 rings (SSSR count). The summed E-state index contributed by atoms with van der Waals surface area (Å²) in [5.74, 6) is -3.74. The number of aryl methyl sites for hydroxylation is 2. The third-order valence-electron chi connectivity index (χ3n) is 9.99. The van der Waals surface area contributed by atoms with Crippen LogP contribution in [-0.4, -0.2) is 89.1 Å². The first-order valence-corrected chi connectivity index (χ1v) is 16.8. The Balaban J connectivity index is 1.49. The van der Waals surface area contributed by atoms with Gasteiger partial charge >= 0.3 is 5.97 Å². The first-order chi connectivity index (χ1) is 22.5. The number of fused-ring (bicyclic) bond motifs is 2. The Labute approximate surface area is 283 Å². The molecule has 1 N–H and O–H groups in total. The lowest BCUT2D eigenvalue weighted by Gasteiger charge is -2.36. The zero-order valence-electron chi connectivity index (χ0n) is 27.0. The molecule has 3 amide bonds. The normalized spacial score (nSPS) is 32.0. The van der Waals surface area contributed by atoms with Gasteiger partial charge in [-0.1, -0.05) is 70.5 Å². The van der Waals surface area contributed by atoms with E-state index in [-0.39, 0.29) is 32.0 Å². The first-order valence-electron chi connectivity index (χ1n) is 16.0. The average molecular weight is 707 g/mol. The topological polar surface area (TPSA) is 117 Å². The maximum atomic E-state index is 14.9. The van der Waals surface area contributed by atoms with Crippen molar-refractivity contribution >= 4 is 45.3 Å². The second-order valence-electron chi connectivity index (χ2n) is 12.8. The zero-order valence-corrected chi connectivity index (χ0v) is 28.6. The van der Waals surface area contributed by atoms with Crippen LogP contribution in [0, 0.1) is 25.7 Å². The van der Waals surface area contributed by atoms with Gasteiger partial charge in [0, 0.05) is 36.7 Å². The van der Waals surface area contributed by atoms with E-state index < -0.39 is 59.5 Å². The number of anilines is 1. The van der Waals surface area contributed by atoms with Gasteiger partial charge < -0.3 is 29.3 Å². The molecule has 2 fully saturated rings. The van der Waals surface area contributed by atoms with Gasteiger partial charge in [0.25, 0.3) is 5.91 Å². The number of aliphatic hydroxyl groups is 1. The number of cyclic esters (lactones) is 1. The molecule has 0 unspecified atom stereocenters. The molecule has 0 radical (unpaired) electrons. The number of likely N-dealkylation sites (tertiary alicyclic amines) is 1. The summed E-state index contributed by atoms with van der Waals surface area (Å²) in [6, 6.07) is 13.4. The van der Waals surface area contributed by atoms with E-state index in [2.05, 4.69) is 15.9 Å². The Morgan fingerprint density at radius 1 is 1.00 bits per heavy atom. The van der Waals surface area contributed by atoms with Crippen molar-refractivity contribution < 1.29 is 33.8 Å². The number of amides is 3. The number of rotatable bonds is 4. The van der Waals surface area contributed by atoms with Gasteiger partial charge in [-0.05, 0) is 56.0 Å². The molecule has 5 bridgehead atoms. The van der Waals surface area contributed by atoms with Gasteiger partial charge in [0.05, 0.1) is 18.6 Å². The molecule has 0 aromatic heterocycles. The third-order valence-corrected chi connectivity index (χ3v) is 10.7. The number of nitrogens with zero attached hydrogens (tertiary/aromatic N) is 3. The van der Waals surface area contributed by atoms with E-state index in [1.165, 1.54) is 4.90 Å². The van der Waals surface area contributed by atoms with Crippen LogP contribution in [0.1, 0.15) is 42.6 Å². The van der Waals surface area contributed by atoms with Crippen molar-refractivity contribution in [1.29, 1.82) is 0 Å². The number of ether oxygens (including phenoxy) is 2. The van der Waals surface area contributed by atoms with Crippen LogP contribution in [0.4, 0.5) is 5.69 Å². The molecule has 4 aliphatic rings. The molecule has 4 heterocycles. The van der Waals surface area contributed by atoms with Crippen molar-refractivity contribution in [2.24, 2.45) is 11.8 Å². The number of benzene rings is 2. The van der Waals surface area contributed by atoms with Crippen LogP contribution >= 0.6 is 15.9 Å². The van der Waals surface area contributed by atoms with Gasteiger partial charge in [-0.3, -0.25) is 19.2 Å². The van der Waals surface area contributed by atoms with Gasteiger partial charge in [-0.15, -0.1) is 0 Å². The Hall–Kier alpha value is -3.80. The SMILES string of the molecule is Cc1ccc(C)c(N2C/C=C\CCC(=O)N(C)[C@@H](C)[C@H](c3ccccc3)OC(=O)[C@H]3[C@@H]4O[C@@]5(C=C4Br)[C@@H]3C(=O)N(CCO)[C@@H]5C2=O)c1. The highest BCUT2D eigenvalue weighted by atomic mass is 79.9. The summed E-state index contributed by atoms with van der Waals surface area (Å²) in [6.07, 6.45) is 4.48. The predicted molar refractivity (Wildman–Crippen MR) is 178 cm³/mol. The number of hydrogen-bond donors (Lipinski definition) is 1. The van der Waals surface area contributed by atoms with E-state index >= 15 is 0 Å². The van der Waals surface area contributed by atoms with Gasteiger partial charge in [0.2, 0.25) is 11.8 Å². The fraction of sp³-hybridized carbons (Fsp3) is 0.444. The van der Waals surface area contributed by atoms with Crippen LogP contribution in [0.25, 0.3) is 0 Å². The Morgan fingerprint density at radius 2 is 1.74 bits per heavy atom. The molecule has 7 atom stereocenters. The molecule has 0 saturated carbocycles. The number of allylic oxidation sites excluding steroid dienone is 1. The fourth-order valence-electron chi connectivity index (χ4n) is 7.48. The number of β-amino-alcohol motifs (C(OH)–C–C–N with tert-alkyl or cyclic N) is 1. The average Bonchev–Trinajstić information content (AvgIpc) is 3.65. The van der Waals surface area contributed by atoms with Gasteiger partial charge in [-0.25, -0.2) is 0 Å². The van der Waals surface area contributed by atoms with E-state index in [0.29, 0.717) is 22.2 Å². The second kappa shape index (κ2) is 13.0. The highest BCUT2D eigenvalue weighted by Gasteiger charge is 2.75. The van der Waals surface area contributed by atoms with Crippen molar-refractivity contribution in [3.05, 3.63) is 87.9 Å². The van der Waals surface area contributed by atoms with Crippen LogP contribution in [0.5, 0.6) is 0 Å². The molecule has 11 heteroatoms. The summed E-state index contributed by atoms with van der Waals surface area (Å²) in [5, 5.41) is 10.1. The number of likely N-dealkylation sites (N-methyl/N-ethyl adjacent to an activating group) is 1. The maximum Gasteiger partial charge on any atom is 0.313 e. The molecular formula is C36H40BrN3O7. The summed E-state index contributed by atoms with van der Waals surface area (Å²) in [4.78, 5) is 61.5. The Kier molecular flexibility index (Phi) is 9.17. The van der Waals surface area contributed by atoms with Crippen molar-refractivity contribution in [3.63, 3.8) is 0 Å². The Bertz CT molecular complexity index is 1640. The summed E-state index contributed by atoms with van der Waals surface area (Å²) in [5.41, 5.74) is 1.73. The van der Waals surface area contributed by atoms with E-state index in [9.17, 15) is 24.3 Å². The minimum atomic E-state index is -1.47. The van der Waals surface area contributed by atoms with E-state index in [0.717, 1.165) is 11.1 Å². The number of esters is 1. The minimum Gasteiger partial charge on any atom is -0.455 e. The molecule has 10 nitrogen and oxygen atoms in total. The van der Waals surface area contributed by atoms with Crippen LogP contribution in [0.15, 0.2) is 71.2 Å². The third kappa shape index (κ3) is 5.62. The monoisotopic (exact) mass is 705 g/mol. The van der Waals surface area contributed by atoms with E-state index in [4.69, 9.17) is 9.47 Å². The zero-order chi connectivity index (χ0) is 33.6. The predicted octanol–water partition coefficient (Wildman–Crippen LogP) is 3.98. The second-order valence-corrected chi connectivity index (χ2v) is 13.8. The van der Waals surface area contributed by atoms with Crippen LogP contribution in [0.2, 0.25) is 0 Å². The van der Waals surface area contributed by atoms with Crippen LogP contribution in [0.3, 0.4) is 0 Å². The van der Waals surface area contributed by atoms with Crippen LogP contribution in [-0.2, 0) is 28.7 Å². The summed E-state index contributed by atoms with van der Waals surface area (Å²) in [7, 11) is 1.70. The van der Waals surface area contributed by atoms with Crippen LogP contribution < -0.4 is 4.90 Å². The number of halogens is 1. The Morgan fingerprint density at radius 3 is 2.47 bits per heavy atom. The number of hydrogen-bond acceptors (Lipinski definition) is 7. The van der Waals surface area contributed by atoms with Crippen molar-refractivity contribution in [2.45, 2.75) is 63.5 Å². The smallest absolute Gasteiger partial charge is 0.313 e. The van der Waals surface area contributed by atoms with Crippen molar-refractivity contribution in [2.75, 3.05) is 31.6 Å². The largest absolute Gasteiger partial charge is 0.455 e. The lowest BCUT2D eigenvalue weighted by Crippen LogP contribution is -2.56. The molecule has 4 aliphatic heterocycles. The first kappa shape index (κ1) is 33.1. The minimum absolute atomic E-state index is 0.109.